The Bertz CT molecular complexity index is 1040. The number of sulfonamides is 1. The molecule has 1 saturated heterocycles. The highest BCUT2D eigenvalue weighted by Crippen LogP contribution is 2.20. The SMILES string of the molecule is Cc1cc(C(=O)N2CCN(S(=O)(=O)/C=C/c3ccccc3)CC2)ccc1[N+](=O)[O-]. The van der Waals surface area contributed by atoms with Crippen LogP contribution in [0.25, 0.3) is 6.08 Å². The zero-order chi connectivity index (χ0) is 21.0. The summed E-state index contributed by atoms with van der Waals surface area (Å²) in [6.07, 6.45) is 1.55. The minimum atomic E-state index is -3.58. The van der Waals surface area contributed by atoms with Crippen molar-refractivity contribution in [2.45, 2.75) is 6.92 Å². The minimum Gasteiger partial charge on any atom is -0.336 e. The number of hydrogen-bond donors (Lipinski definition) is 0. The van der Waals surface area contributed by atoms with Gasteiger partial charge in [-0.05, 0) is 30.7 Å². The average molecular weight is 415 g/mol. The Kier molecular flexibility index (Phi) is 6.09. The fraction of sp³-hybridized carbons (Fsp3) is 0.250. The maximum Gasteiger partial charge on any atom is 0.272 e. The van der Waals surface area contributed by atoms with Gasteiger partial charge < -0.3 is 4.90 Å². The van der Waals surface area contributed by atoms with Crippen LogP contribution in [0.2, 0.25) is 0 Å². The van der Waals surface area contributed by atoms with Gasteiger partial charge in [-0.1, -0.05) is 30.3 Å². The molecule has 2 aromatic rings. The number of carbonyl (C=O) groups excluding carboxylic acids is 1. The van der Waals surface area contributed by atoms with Crippen LogP contribution in [-0.4, -0.2) is 54.6 Å². The predicted molar refractivity (Wildman–Crippen MR) is 110 cm³/mol. The highest BCUT2D eigenvalue weighted by molar-refractivity contribution is 7.92. The molecule has 0 spiro atoms. The van der Waals surface area contributed by atoms with Crippen LogP contribution in [0.4, 0.5) is 5.69 Å². The molecule has 0 aliphatic carbocycles. The molecule has 9 heteroatoms. The van der Waals surface area contributed by atoms with Crippen LogP contribution in [0.5, 0.6) is 0 Å². The Labute approximate surface area is 169 Å². The molecule has 1 aliphatic rings. The van der Waals surface area contributed by atoms with Crippen molar-refractivity contribution in [1.29, 1.82) is 0 Å². The van der Waals surface area contributed by atoms with Gasteiger partial charge in [0.2, 0.25) is 10.0 Å². The lowest BCUT2D eigenvalue weighted by Crippen LogP contribution is -2.50. The summed E-state index contributed by atoms with van der Waals surface area (Å²) >= 11 is 0. The van der Waals surface area contributed by atoms with E-state index in [1.165, 1.54) is 27.9 Å². The standard InChI is InChI=1S/C20H21N3O5S/c1-16-15-18(7-8-19(16)23(25)26)20(24)21-10-12-22(13-11-21)29(27,28)14-9-17-5-3-2-4-6-17/h2-9,14-15H,10-13H2,1H3/b14-9+. The lowest BCUT2D eigenvalue weighted by Gasteiger charge is -2.33. The first kappa shape index (κ1) is 20.7. The van der Waals surface area contributed by atoms with Crippen molar-refractivity contribution >= 4 is 27.7 Å². The molecule has 0 saturated carbocycles. The van der Waals surface area contributed by atoms with Crippen molar-refractivity contribution in [3.63, 3.8) is 0 Å². The zero-order valence-electron chi connectivity index (χ0n) is 15.9. The molecule has 0 N–H and O–H groups in total. The quantitative estimate of drug-likeness (QED) is 0.552. The zero-order valence-corrected chi connectivity index (χ0v) is 16.7. The summed E-state index contributed by atoms with van der Waals surface area (Å²) < 4.78 is 26.4. The highest BCUT2D eigenvalue weighted by atomic mass is 32.2. The molecule has 1 aliphatic heterocycles. The second-order valence-corrected chi connectivity index (χ2v) is 8.53. The van der Waals surface area contributed by atoms with Gasteiger partial charge in [-0.2, -0.15) is 4.31 Å². The normalized spacial score (nSPS) is 15.6. The molecule has 1 amide bonds. The predicted octanol–water partition coefficient (Wildman–Crippen LogP) is 2.66. The summed E-state index contributed by atoms with van der Waals surface area (Å²) in [6.45, 7) is 2.48. The van der Waals surface area contributed by atoms with Gasteiger partial charge >= 0.3 is 0 Å². The van der Waals surface area contributed by atoms with Crippen LogP contribution in [0, 0.1) is 17.0 Å². The topological polar surface area (TPSA) is 101 Å². The fourth-order valence-corrected chi connectivity index (χ4v) is 4.31. The molecule has 0 bridgehead atoms. The number of rotatable bonds is 5. The first-order chi connectivity index (χ1) is 13.8. The largest absolute Gasteiger partial charge is 0.336 e. The summed E-state index contributed by atoms with van der Waals surface area (Å²) in [5, 5.41) is 12.1. The van der Waals surface area contributed by atoms with Gasteiger partial charge in [0.15, 0.2) is 0 Å². The minimum absolute atomic E-state index is 0.0392. The Balaban J connectivity index is 1.64. The van der Waals surface area contributed by atoms with Crippen LogP contribution < -0.4 is 0 Å². The third-order valence-electron chi connectivity index (χ3n) is 4.76. The van der Waals surface area contributed by atoms with E-state index < -0.39 is 14.9 Å². The van der Waals surface area contributed by atoms with Gasteiger partial charge in [-0.15, -0.1) is 0 Å². The summed E-state index contributed by atoms with van der Waals surface area (Å²) in [7, 11) is -3.58. The van der Waals surface area contributed by atoms with E-state index in [9.17, 15) is 23.3 Å². The number of piperazine rings is 1. The Morgan fingerprint density at radius 1 is 1.07 bits per heavy atom. The van der Waals surface area contributed by atoms with Crippen LogP contribution >= 0.6 is 0 Å². The number of hydrogen-bond acceptors (Lipinski definition) is 5. The van der Waals surface area contributed by atoms with Gasteiger partial charge in [-0.3, -0.25) is 14.9 Å². The van der Waals surface area contributed by atoms with Gasteiger partial charge in [0, 0.05) is 48.8 Å². The molecule has 8 nitrogen and oxygen atoms in total. The molecule has 2 aromatic carbocycles. The van der Waals surface area contributed by atoms with Crippen LogP contribution in [-0.2, 0) is 10.0 Å². The van der Waals surface area contributed by atoms with Crippen molar-refractivity contribution in [3.8, 4) is 0 Å². The van der Waals surface area contributed by atoms with Crippen LogP contribution in [0.3, 0.4) is 0 Å². The monoisotopic (exact) mass is 415 g/mol. The molecule has 0 aromatic heterocycles. The number of carbonyl (C=O) groups is 1. The lowest BCUT2D eigenvalue weighted by molar-refractivity contribution is -0.385. The third kappa shape index (κ3) is 4.87. The van der Waals surface area contributed by atoms with E-state index in [1.54, 1.807) is 17.9 Å². The number of nitro groups is 1. The van der Waals surface area contributed by atoms with E-state index >= 15 is 0 Å². The smallest absolute Gasteiger partial charge is 0.272 e. The molecule has 0 radical (unpaired) electrons. The second-order valence-electron chi connectivity index (χ2n) is 6.71. The summed E-state index contributed by atoms with van der Waals surface area (Å²) in [5.74, 6) is -0.264. The molecule has 0 atom stereocenters. The molecule has 152 valence electrons. The van der Waals surface area contributed by atoms with E-state index in [-0.39, 0.29) is 37.8 Å². The van der Waals surface area contributed by atoms with Crippen molar-refractivity contribution in [2.75, 3.05) is 26.2 Å². The van der Waals surface area contributed by atoms with E-state index in [2.05, 4.69) is 0 Å². The van der Waals surface area contributed by atoms with E-state index in [1.807, 2.05) is 30.3 Å². The third-order valence-corrected chi connectivity index (χ3v) is 6.32. The summed E-state index contributed by atoms with van der Waals surface area (Å²) in [6, 6.07) is 13.4. The van der Waals surface area contributed by atoms with Crippen LogP contribution in [0.1, 0.15) is 21.5 Å². The van der Waals surface area contributed by atoms with E-state index in [0.29, 0.717) is 11.1 Å². The number of nitrogens with zero attached hydrogens (tertiary/aromatic N) is 3. The summed E-state index contributed by atoms with van der Waals surface area (Å²) in [5.41, 5.74) is 1.52. The molecule has 29 heavy (non-hydrogen) atoms. The molecule has 0 unspecified atom stereocenters. The molecule has 3 rings (SSSR count). The molecule has 1 heterocycles. The Hall–Kier alpha value is -3.04. The van der Waals surface area contributed by atoms with Gasteiger partial charge in [0.05, 0.1) is 4.92 Å². The van der Waals surface area contributed by atoms with Gasteiger partial charge in [0.25, 0.3) is 11.6 Å². The molecular formula is C20H21N3O5S. The molecule has 1 fully saturated rings. The first-order valence-electron chi connectivity index (χ1n) is 9.05. The second kappa shape index (κ2) is 8.54. The Morgan fingerprint density at radius 2 is 1.72 bits per heavy atom. The molecular weight excluding hydrogens is 394 g/mol. The number of amides is 1. The maximum absolute atomic E-state index is 12.7. The van der Waals surface area contributed by atoms with Crippen molar-refractivity contribution in [1.82, 2.24) is 9.21 Å². The van der Waals surface area contributed by atoms with Gasteiger partial charge in [-0.25, -0.2) is 8.42 Å². The number of nitro benzene ring substituents is 1. The van der Waals surface area contributed by atoms with Crippen molar-refractivity contribution < 1.29 is 18.1 Å². The van der Waals surface area contributed by atoms with Crippen LogP contribution in [0.15, 0.2) is 53.9 Å². The average Bonchev–Trinajstić information content (AvgIpc) is 2.72. The van der Waals surface area contributed by atoms with Crippen molar-refractivity contribution in [2.24, 2.45) is 0 Å². The van der Waals surface area contributed by atoms with Crippen molar-refractivity contribution in [3.05, 3.63) is 80.7 Å². The van der Waals surface area contributed by atoms with E-state index in [4.69, 9.17) is 0 Å². The van der Waals surface area contributed by atoms with E-state index in [0.717, 1.165) is 5.56 Å². The van der Waals surface area contributed by atoms with Gasteiger partial charge in [0.1, 0.15) is 0 Å². The fourth-order valence-electron chi connectivity index (χ4n) is 3.14. The summed E-state index contributed by atoms with van der Waals surface area (Å²) in [4.78, 5) is 24.7. The number of aryl methyl sites for hydroxylation is 1. The first-order valence-corrected chi connectivity index (χ1v) is 10.6. The lowest BCUT2D eigenvalue weighted by atomic mass is 10.1. The highest BCUT2D eigenvalue weighted by Gasteiger charge is 2.28. The maximum atomic E-state index is 12.7. The Morgan fingerprint density at radius 3 is 2.31 bits per heavy atom. The number of benzene rings is 2.